The maximum Gasteiger partial charge on any atom is 0.275 e. The molecule has 0 aliphatic carbocycles. The Morgan fingerprint density at radius 3 is 2.64 bits per heavy atom. The summed E-state index contributed by atoms with van der Waals surface area (Å²) in [5.74, 6) is 0.224. The van der Waals surface area contributed by atoms with Gasteiger partial charge in [0.25, 0.3) is 5.56 Å². The second kappa shape index (κ2) is 7.75. The molecule has 3 heterocycles. The minimum Gasteiger partial charge on any atom is -0.494 e. The molecule has 7 nitrogen and oxygen atoms in total. The van der Waals surface area contributed by atoms with Crippen LogP contribution >= 0.6 is 11.3 Å². The van der Waals surface area contributed by atoms with Crippen molar-refractivity contribution < 1.29 is 9.13 Å². The number of hydrogen-bond acceptors (Lipinski definition) is 7. The highest BCUT2D eigenvalue weighted by Crippen LogP contribution is 2.31. The molecule has 1 aliphatic rings. The lowest BCUT2D eigenvalue weighted by Crippen LogP contribution is -2.46. The Labute approximate surface area is 166 Å². The molecule has 0 saturated carbocycles. The van der Waals surface area contributed by atoms with Crippen LogP contribution in [0.5, 0.6) is 5.75 Å². The Morgan fingerprint density at radius 1 is 1.18 bits per heavy atom. The Bertz CT molecular complexity index is 1040. The van der Waals surface area contributed by atoms with E-state index >= 15 is 0 Å². The van der Waals surface area contributed by atoms with Crippen molar-refractivity contribution in [2.24, 2.45) is 0 Å². The molecule has 0 bridgehead atoms. The topological polar surface area (TPSA) is 63.0 Å². The number of piperazine rings is 1. The third kappa shape index (κ3) is 3.54. The number of ether oxygens (including phenoxy) is 1. The van der Waals surface area contributed by atoms with Crippen molar-refractivity contribution >= 4 is 27.1 Å². The highest BCUT2D eigenvalue weighted by Gasteiger charge is 2.23. The van der Waals surface area contributed by atoms with Crippen molar-refractivity contribution in [1.29, 1.82) is 0 Å². The minimum atomic E-state index is -0.311. The van der Waals surface area contributed by atoms with Crippen LogP contribution in [0, 0.1) is 5.82 Å². The van der Waals surface area contributed by atoms with E-state index in [9.17, 15) is 9.18 Å². The molecule has 0 spiro atoms. The largest absolute Gasteiger partial charge is 0.494 e. The standard InChI is InChI=1S/C19H22FN5O2S/c1-3-4-14-12-17(26)25-18(21-14)28-19(22-25)24-9-7-23(8-10-24)15-6-5-13(20)11-16(15)27-2/h5-6,11-12H,3-4,7-10H2,1-2H3. The number of benzene rings is 1. The van der Waals surface area contributed by atoms with Gasteiger partial charge in [-0.1, -0.05) is 24.7 Å². The van der Waals surface area contributed by atoms with Crippen molar-refractivity contribution in [3.63, 3.8) is 0 Å². The average molecular weight is 403 g/mol. The van der Waals surface area contributed by atoms with Crippen LogP contribution in [0.1, 0.15) is 19.0 Å². The van der Waals surface area contributed by atoms with Gasteiger partial charge in [-0.2, -0.15) is 4.52 Å². The van der Waals surface area contributed by atoms with E-state index in [4.69, 9.17) is 4.74 Å². The maximum absolute atomic E-state index is 13.4. The Hall–Kier alpha value is -2.68. The molecule has 0 amide bonds. The average Bonchev–Trinajstić information content (AvgIpc) is 3.13. The molecule has 28 heavy (non-hydrogen) atoms. The van der Waals surface area contributed by atoms with Gasteiger partial charge >= 0.3 is 0 Å². The molecule has 1 saturated heterocycles. The van der Waals surface area contributed by atoms with E-state index in [1.54, 1.807) is 19.2 Å². The summed E-state index contributed by atoms with van der Waals surface area (Å²) in [5.41, 5.74) is 1.57. The van der Waals surface area contributed by atoms with E-state index in [0.717, 1.165) is 55.5 Å². The van der Waals surface area contributed by atoms with Crippen molar-refractivity contribution in [3.05, 3.63) is 46.1 Å². The van der Waals surface area contributed by atoms with Gasteiger partial charge in [-0.15, -0.1) is 5.10 Å². The summed E-state index contributed by atoms with van der Waals surface area (Å²) < 4.78 is 20.2. The Balaban J connectivity index is 1.52. The van der Waals surface area contributed by atoms with Gasteiger partial charge in [0.2, 0.25) is 10.1 Å². The molecule has 3 aromatic rings. The minimum absolute atomic E-state index is 0.134. The Kier molecular flexibility index (Phi) is 5.17. The quantitative estimate of drug-likeness (QED) is 0.653. The number of hydrogen-bond donors (Lipinski definition) is 0. The van der Waals surface area contributed by atoms with E-state index in [1.807, 2.05) is 0 Å². The lowest BCUT2D eigenvalue weighted by atomic mass is 10.2. The van der Waals surface area contributed by atoms with Crippen molar-refractivity contribution in [2.75, 3.05) is 43.1 Å². The predicted molar refractivity (Wildman–Crippen MR) is 109 cm³/mol. The van der Waals surface area contributed by atoms with Crippen molar-refractivity contribution in [2.45, 2.75) is 19.8 Å². The number of halogens is 1. The second-order valence-corrected chi connectivity index (χ2v) is 7.64. The smallest absolute Gasteiger partial charge is 0.275 e. The summed E-state index contributed by atoms with van der Waals surface area (Å²) in [6.45, 7) is 5.06. The van der Waals surface area contributed by atoms with Gasteiger partial charge in [-0.25, -0.2) is 9.37 Å². The molecule has 1 fully saturated rings. The highest BCUT2D eigenvalue weighted by atomic mass is 32.1. The SMILES string of the molecule is CCCc1cc(=O)n2nc(N3CCN(c4ccc(F)cc4OC)CC3)sc2n1. The first-order valence-corrected chi connectivity index (χ1v) is 10.1. The number of aryl methyl sites for hydroxylation is 1. The van der Waals surface area contributed by atoms with Gasteiger partial charge in [0.1, 0.15) is 11.6 Å². The number of methoxy groups -OCH3 is 1. The van der Waals surface area contributed by atoms with Crippen LogP contribution in [0.25, 0.3) is 4.96 Å². The Morgan fingerprint density at radius 2 is 1.93 bits per heavy atom. The summed E-state index contributed by atoms with van der Waals surface area (Å²) in [4.78, 5) is 21.8. The first kappa shape index (κ1) is 18.7. The number of nitrogens with zero attached hydrogens (tertiary/aromatic N) is 5. The second-order valence-electron chi connectivity index (χ2n) is 6.70. The fourth-order valence-electron chi connectivity index (χ4n) is 3.41. The van der Waals surface area contributed by atoms with E-state index in [2.05, 4.69) is 26.8 Å². The van der Waals surface area contributed by atoms with Crippen LogP contribution in [-0.2, 0) is 6.42 Å². The van der Waals surface area contributed by atoms with Gasteiger partial charge in [0.05, 0.1) is 12.8 Å². The molecular formula is C19H22FN5O2S. The lowest BCUT2D eigenvalue weighted by Gasteiger charge is -2.36. The first-order valence-electron chi connectivity index (χ1n) is 9.32. The number of fused-ring (bicyclic) bond motifs is 1. The number of rotatable bonds is 5. The van der Waals surface area contributed by atoms with Gasteiger partial charge in [-0.3, -0.25) is 4.79 Å². The maximum atomic E-state index is 13.4. The molecule has 1 aromatic carbocycles. The fourth-order valence-corrected chi connectivity index (χ4v) is 4.39. The fraction of sp³-hybridized carbons (Fsp3) is 0.421. The van der Waals surface area contributed by atoms with Crippen LogP contribution in [0.15, 0.2) is 29.1 Å². The van der Waals surface area contributed by atoms with Gasteiger partial charge < -0.3 is 14.5 Å². The van der Waals surface area contributed by atoms with E-state index < -0.39 is 0 Å². The number of aromatic nitrogens is 3. The van der Waals surface area contributed by atoms with Gasteiger partial charge in [0.15, 0.2) is 0 Å². The van der Waals surface area contributed by atoms with Crippen molar-refractivity contribution in [1.82, 2.24) is 14.6 Å². The van der Waals surface area contributed by atoms with Gasteiger partial charge in [0, 0.05) is 44.0 Å². The van der Waals surface area contributed by atoms with Crippen LogP contribution in [0.2, 0.25) is 0 Å². The third-order valence-electron chi connectivity index (χ3n) is 4.83. The third-order valence-corrected chi connectivity index (χ3v) is 5.80. The first-order chi connectivity index (χ1) is 13.6. The van der Waals surface area contributed by atoms with Crippen LogP contribution < -0.4 is 20.1 Å². The van der Waals surface area contributed by atoms with Gasteiger partial charge in [-0.05, 0) is 18.6 Å². The molecule has 148 valence electrons. The van der Waals surface area contributed by atoms with E-state index in [-0.39, 0.29) is 11.4 Å². The monoisotopic (exact) mass is 403 g/mol. The molecule has 9 heteroatoms. The zero-order valence-electron chi connectivity index (χ0n) is 15.9. The molecule has 2 aromatic heterocycles. The van der Waals surface area contributed by atoms with Crippen LogP contribution in [0.3, 0.4) is 0 Å². The zero-order chi connectivity index (χ0) is 19.7. The molecule has 1 aliphatic heterocycles. The molecule has 4 rings (SSSR count). The lowest BCUT2D eigenvalue weighted by molar-refractivity contribution is 0.410. The molecule has 0 N–H and O–H groups in total. The molecule has 0 atom stereocenters. The summed E-state index contributed by atoms with van der Waals surface area (Å²) in [5, 5.41) is 5.27. The zero-order valence-corrected chi connectivity index (χ0v) is 16.7. The molecule has 0 radical (unpaired) electrons. The normalized spacial score (nSPS) is 14.7. The summed E-state index contributed by atoms with van der Waals surface area (Å²) in [7, 11) is 1.55. The molecular weight excluding hydrogens is 381 g/mol. The van der Waals surface area contributed by atoms with E-state index in [1.165, 1.54) is 28.0 Å². The van der Waals surface area contributed by atoms with Crippen molar-refractivity contribution in [3.8, 4) is 5.75 Å². The highest BCUT2D eigenvalue weighted by molar-refractivity contribution is 7.20. The van der Waals surface area contributed by atoms with E-state index in [0.29, 0.717) is 10.7 Å². The summed E-state index contributed by atoms with van der Waals surface area (Å²) in [6, 6.07) is 6.17. The predicted octanol–water partition coefficient (Wildman–Crippen LogP) is 2.58. The van der Waals surface area contributed by atoms with Crippen LogP contribution in [0.4, 0.5) is 15.2 Å². The number of anilines is 2. The summed E-state index contributed by atoms with van der Waals surface area (Å²) in [6.07, 6.45) is 1.74. The summed E-state index contributed by atoms with van der Waals surface area (Å²) >= 11 is 1.44. The molecule has 0 unspecified atom stereocenters. The van der Waals surface area contributed by atoms with Crippen LogP contribution in [-0.4, -0.2) is 47.9 Å².